The van der Waals surface area contributed by atoms with E-state index in [0.717, 1.165) is 25.1 Å². The number of carboxylic acids is 1. The Balaban J connectivity index is 2.03. The third kappa shape index (κ3) is 2.33. The average molecular weight is 206 g/mol. The molecule has 15 heavy (non-hydrogen) atoms. The summed E-state index contributed by atoms with van der Waals surface area (Å²) in [6.07, 6.45) is 3.45. The Labute approximate surface area is 88.6 Å². The Morgan fingerprint density at radius 2 is 2.47 bits per heavy atom. The van der Waals surface area contributed by atoms with Crippen molar-refractivity contribution in [3.05, 3.63) is 30.1 Å². The smallest absolute Gasteiger partial charge is 0.320 e. The van der Waals surface area contributed by atoms with Gasteiger partial charge in [-0.25, -0.2) is 0 Å². The van der Waals surface area contributed by atoms with Gasteiger partial charge in [-0.05, 0) is 31.5 Å². The van der Waals surface area contributed by atoms with Gasteiger partial charge in [0, 0.05) is 12.7 Å². The van der Waals surface area contributed by atoms with Gasteiger partial charge in [0.1, 0.15) is 6.04 Å². The van der Waals surface area contributed by atoms with Crippen LogP contribution in [0.15, 0.2) is 24.4 Å². The molecule has 1 aromatic heterocycles. The number of hydrogen-bond donors (Lipinski definition) is 1. The summed E-state index contributed by atoms with van der Waals surface area (Å²) in [5.74, 6) is -0.719. The maximum Gasteiger partial charge on any atom is 0.320 e. The van der Waals surface area contributed by atoms with Gasteiger partial charge in [-0.15, -0.1) is 0 Å². The van der Waals surface area contributed by atoms with E-state index in [4.69, 9.17) is 5.11 Å². The Hall–Kier alpha value is -1.42. The number of rotatable bonds is 3. The van der Waals surface area contributed by atoms with E-state index >= 15 is 0 Å². The number of likely N-dealkylation sites (tertiary alicyclic amines) is 1. The highest BCUT2D eigenvalue weighted by Crippen LogP contribution is 2.19. The van der Waals surface area contributed by atoms with Crippen molar-refractivity contribution < 1.29 is 9.90 Å². The van der Waals surface area contributed by atoms with Crippen molar-refractivity contribution in [2.75, 3.05) is 6.54 Å². The fourth-order valence-corrected chi connectivity index (χ4v) is 1.99. The highest BCUT2D eigenvalue weighted by atomic mass is 16.4. The summed E-state index contributed by atoms with van der Waals surface area (Å²) >= 11 is 0. The van der Waals surface area contributed by atoms with Crippen LogP contribution in [0.25, 0.3) is 0 Å². The molecule has 1 atom stereocenters. The molecule has 0 saturated carbocycles. The molecule has 1 aliphatic rings. The van der Waals surface area contributed by atoms with Crippen LogP contribution in [-0.2, 0) is 11.3 Å². The molecule has 4 nitrogen and oxygen atoms in total. The molecule has 0 unspecified atom stereocenters. The van der Waals surface area contributed by atoms with E-state index < -0.39 is 5.97 Å². The van der Waals surface area contributed by atoms with Crippen LogP contribution in [0.3, 0.4) is 0 Å². The molecular formula is C11H14N2O2. The Morgan fingerprint density at radius 1 is 1.60 bits per heavy atom. The Morgan fingerprint density at radius 3 is 3.13 bits per heavy atom. The van der Waals surface area contributed by atoms with E-state index in [1.165, 1.54) is 0 Å². The van der Waals surface area contributed by atoms with E-state index in [0.29, 0.717) is 6.54 Å². The second-order valence-corrected chi connectivity index (χ2v) is 3.79. The van der Waals surface area contributed by atoms with Gasteiger partial charge in [-0.2, -0.15) is 0 Å². The van der Waals surface area contributed by atoms with Gasteiger partial charge in [0.25, 0.3) is 0 Å². The van der Waals surface area contributed by atoms with Crippen molar-refractivity contribution in [1.29, 1.82) is 0 Å². The SMILES string of the molecule is O=C(O)[C@@H]1CCCN1Cc1ccccn1. The molecule has 2 heterocycles. The van der Waals surface area contributed by atoms with Crippen LogP contribution in [0.4, 0.5) is 0 Å². The molecule has 2 rings (SSSR count). The van der Waals surface area contributed by atoms with E-state index in [1.807, 2.05) is 23.1 Å². The van der Waals surface area contributed by atoms with E-state index in [-0.39, 0.29) is 6.04 Å². The highest BCUT2D eigenvalue weighted by molar-refractivity contribution is 5.73. The van der Waals surface area contributed by atoms with Gasteiger partial charge in [0.2, 0.25) is 0 Å². The first kappa shape index (κ1) is 10.1. The van der Waals surface area contributed by atoms with Gasteiger partial charge in [0.15, 0.2) is 0 Å². The standard InChI is InChI=1S/C11H14N2O2/c14-11(15)10-5-3-7-13(10)8-9-4-1-2-6-12-9/h1-2,4,6,10H,3,5,7-8H2,(H,14,15)/t10-/m0/s1. The average Bonchev–Trinajstić information content (AvgIpc) is 2.67. The lowest BCUT2D eigenvalue weighted by molar-refractivity contribution is -0.142. The molecule has 1 fully saturated rings. The highest BCUT2D eigenvalue weighted by Gasteiger charge is 2.30. The van der Waals surface area contributed by atoms with Crippen LogP contribution in [0.5, 0.6) is 0 Å². The first-order chi connectivity index (χ1) is 7.27. The lowest BCUT2D eigenvalue weighted by Crippen LogP contribution is -2.35. The summed E-state index contributed by atoms with van der Waals surface area (Å²) in [5.41, 5.74) is 0.936. The quantitative estimate of drug-likeness (QED) is 0.805. The van der Waals surface area contributed by atoms with Crippen LogP contribution in [0.2, 0.25) is 0 Å². The molecule has 0 bridgehead atoms. The Kier molecular flexibility index (Phi) is 2.97. The lowest BCUT2D eigenvalue weighted by atomic mass is 10.2. The van der Waals surface area contributed by atoms with Crippen molar-refractivity contribution in [3.8, 4) is 0 Å². The Bertz CT molecular complexity index is 340. The lowest BCUT2D eigenvalue weighted by Gasteiger charge is -2.20. The molecule has 1 aliphatic heterocycles. The van der Waals surface area contributed by atoms with Gasteiger partial charge >= 0.3 is 5.97 Å². The van der Waals surface area contributed by atoms with Crippen LogP contribution in [-0.4, -0.2) is 33.5 Å². The van der Waals surface area contributed by atoms with Crippen LogP contribution in [0, 0.1) is 0 Å². The number of carbonyl (C=O) groups is 1. The molecule has 80 valence electrons. The molecule has 1 N–H and O–H groups in total. The minimum absolute atomic E-state index is 0.327. The number of aromatic nitrogens is 1. The molecular weight excluding hydrogens is 192 g/mol. The largest absolute Gasteiger partial charge is 0.480 e. The summed E-state index contributed by atoms with van der Waals surface area (Å²) in [6.45, 7) is 1.49. The second kappa shape index (κ2) is 4.40. The summed E-state index contributed by atoms with van der Waals surface area (Å²) in [6, 6.07) is 5.39. The predicted octanol–water partition coefficient (Wildman–Crippen LogP) is 1.13. The number of carboxylic acid groups (broad SMARTS) is 1. The predicted molar refractivity (Wildman–Crippen MR) is 55.3 cm³/mol. The van der Waals surface area contributed by atoms with Crippen molar-refractivity contribution in [2.24, 2.45) is 0 Å². The fraction of sp³-hybridized carbons (Fsp3) is 0.455. The number of aliphatic carboxylic acids is 1. The monoisotopic (exact) mass is 206 g/mol. The summed E-state index contributed by atoms with van der Waals surface area (Å²) in [7, 11) is 0. The van der Waals surface area contributed by atoms with Crippen LogP contribution < -0.4 is 0 Å². The maximum absolute atomic E-state index is 10.9. The molecule has 4 heteroatoms. The molecule has 0 aromatic carbocycles. The van der Waals surface area contributed by atoms with Crippen molar-refractivity contribution in [1.82, 2.24) is 9.88 Å². The summed E-state index contributed by atoms with van der Waals surface area (Å²) in [4.78, 5) is 17.1. The third-order valence-electron chi connectivity index (χ3n) is 2.74. The van der Waals surface area contributed by atoms with Crippen LogP contribution >= 0.6 is 0 Å². The minimum atomic E-state index is -0.719. The number of nitrogens with zero attached hydrogens (tertiary/aromatic N) is 2. The summed E-state index contributed by atoms with van der Waals surface area (Å²) in [5, 5.41) is 9.00. The van der Waals surface area contributed by atoms with Crippen LogP contribution in [0.1, 0.15) is 18.5 Å². The fourth-order valence-electron chi connectivity index (χ4n) is 1.99. The molecule has 0 aliphatic carbocycles. The van der Waals surface area contributed by atoms with Crippen molar-refractivity contribution in [3.63, 3.8) is 0 Å². The molecule has 0 spiro atoms. The van der Waals surface area contributed by atoms with E-state index in [9.17, 15) is 4.79 Å². The van der Waals surface area contributed by atoms with E-state index in [2.05, 4.69) is 4.98 Å². The third-order valence-corrected chi connectivity index (χ3v) is 2.74. The zero-order chi connectivity index (χ0) is 10.7. The van der Waals surface area contributed by atoms with Crippen molar-refractivity contribution in [2.45, 2.75) is 25.4 Å². The minimum Gasteiger partial charge on any atom is -0.480 e. The van der Waals surface area contributed by atoms with Gasteiger partial charge < -0.3 is 5.11 Å². The van der Waals surface area contributed by atoms with E-state index in [1.54, 1.807) is 6.20 Å². The first-order valence-corrected chi connectivity index (χ1v) is 5.14. The maximum atomic E-state index is 10.9. The molecule has 0 radical (unpaired) electrons. The first-order valence-electron chi connectivity index (χ1n) is 5.14. The van der Waals surface area contributed by atoms with Crippen molar-refractivity contribution >= 4 is 5.97 Å². The normalized spacial score (nSPS) is 21.7. The second-order valence-electron chi connectivity index (χ2n) is 3.79. The zero-order valence-corrected chi connectivity index (χ0v) is 8.47. The summed E-state index contributed by atoms with van der Waals surface area (Å²) < 4.78 is 0. The molecule has 1 saturated heterocycles. The molecule has 1 aromatic rings. The van der Waals surface area contributed by atoms with Gasteiger partial charge in [-0.3, -0.25) is 14.7 Å². The topological polar surface area (TPSA) is 53.4 Å². The molecule has 0 amide bonds. The zero-order valence-electron chi connectivity index (χ0n) is 8.47. The number of pyridine rings is 1. The van der Waals surface area contributed by atoms with Gasteiger partial charge in [-0.1, -0.05) is 6.07 Å². The van der Waals surface area contributed by atoms with Gasteiger partial charge in [0.05, 0.1) is 5.69 Å². The number of hydrogen-bond acceptors (Lipinski definition) is 3.